The van der Waals surface area contributed by atoms with Crippen LogP contribution >= 0.6 is 0 Å². The number of hydrogen-bond donors (Lipinski definition) is 2. The number of ketones is 1. The van der Waals surface area contributed by atoms with Crippen molar-refractivity contribution in [2.45, 2.75) is 12.6 Å². The van der Waals surface area contributed by atoms with Gasteiger partial charge in [-0.25, -0.2) is 0 Å². The normalized spacial score (nSPS) is 14.5. The fourth-order valence-corrected chi connectivity index (χ4v) is 3.92. The Morgan fingerprint density at radius 2 is 1.88 bits per heavy atom. The SMILES string of the molecule is COc1ccccc1C(=O)Nc1ccc(C(=O)C2Nc3occc3Cn3cccc32)cc1. The highest BCUT2D eigenvalue weighted by molar-refractivity contribution is 6.07. The van der Waals surface area contributed by atoms with Crippen molar-refractivity contribution in [3.8, 4) is 5.75 Å². The molecule has 2 N–H and O–H groups in total. The quantitative estimate of drug-likeness (QED) is 0.450. The van der Waals surface area contributed by atoms with E-state index in [1.165, 1.54) is 7.11 Å². The first-order chi connectivity index (χ1) is 15.6. The Morgan fingerprint density at radius 1 is 1.06 bits per heavy atom. The Bertz CT molecular complexity index is 1290. The molecule has 1 unspecified atom stereocenters. The first kappa shape index (κ1) is 19.7. The molecule has 1 amide bonds. The van der Waals surface area contributed by atoms with E-state index in [2.05, 4.69) is 10.6 Å². The van der Waals surface area contributed by atoms with Crippen molar-refractivity contribution in [3.05, 3.63) is 102 Å². The smallest absolute Gasteiger partial charge is 0.259 e. The van der Waals surface area contributed by atoms with Crippen LogP contribution in [-0.2, 0) is 6.54 Å². The van der Waals surface area contributed by atoms with Crippen molar-refractivity contribution in [2.24, 2.45) is 0 Å². The van der Waals surface area contributed by atoms with Crippen molar-refractivity contribution < 1.29 is 18.7 Å². The Hall–Kier alpha value is -4.26. The van der Waals surface area contributed by atoms with E-state index in [0.29, 0.717) is 35.0 Å². The predicted molar refractivity (Wildman–Crippen MR) is 120 cm³/mol. The van der Waals surface area contributed by atoms with E-state index < -0.39 is 6.04 Å². The molecule has 7 heteroatoms. The molecule has 4 aromatic rings. The second-order valence-corrected chi connectivity index (χ2v) is 7.51. The Balaban J connectivity index is 1.36. The van der Waals surface area contributed by atoms with E-state index in [9.17, 15) is 9.59 Å². The van der Waals surface area contributed by atoms with Gasteiger partial charge in [0.25, 0.3) is 5.91 Å². The van der Waals surface area contributed by atoms with E-state index in [4.69, 9.17) is 9.15 Å². The number of carbonyl (C=O) groups excluding carboxylic acids is 2. The number of para-hydroxylation sites is 1. The molecule has 3 heterocycles. The molecule has 5 rings (SSSR count). The molecule has 32 heavy (non-hydrogen) atoms. The second kappa shape index (κ2) is 8.11. The summed E-state index contributed by atoms with van der Waals surface area (Å²) in [5, 5.41) is 6.09. The third-order valence-electron chi connectivity index (χ3n) is 5.56. The monoisotopic (exact) mass is 427 g/mol. The minimum absolute atomic E-state index is 0.0863. The van der Waals surface area contributed by atoms with Crippen molar-refractivity contribution in [1.82, 2.24) is 4.57 Å². The zero-order chi connectivity index (χ0) is 22.1. The maximum Gasteiger partial charge on any atom is 0.259 e. The second-order valence-electron chi connectivity index (χ2n) is 7.51. The van der Waals surface area contributed by atoms with Gasteiger partial charge in [-0.15, -0.1) is 0 Å². The molecule has 0 aliphatic carbocycles. The number of fused-ring (bicyclic) bond motifs is 2. The largest absolute Gasteiger partial charge is 0.496 e. The summed E-state index contributed by atoms with van der Waals surface area (Å²) >= 11 is 0. The third kappa shape index (κ3) is 3.54. The van der Waals surface area contributed by atoms with Gasteiger partial charge in [0.05, 0.1) is 25.5 Å². The molecule has 0 spiro atoms. The van der Waals surface area contributed by atoms with Crippen LogP contribution in [-0.4, -0.2) is 23.4 Å². The van der Waals surface area contributed by atoms with Crippen molar-refractivity contribution >= 4 is 23.3 Å². The number of benzene rings is 2. The maximum absolute atomic E-state index is 13.4. The van der Waals surface area contributed by atoms with E-state index in [1.54, 1.807) is 54.8 Å². The molecule has 1 aliphatic heterocycles. The first-order valence-corrected chi connectivity index (χ1v) is 10.2. The Morgan fingerprint density at radius 3 is 2.69 bits per heavy atom. The summed E-state index contributed by atoms with van der Waals surface area (Å²) in [5.74, 6) is 0.733. The van der Waals surface area contributed by atoms with Crippen LogP contribution in [0.2, 0.25) is 0 Å². The zero-order valence-electron chi connectivity index (χ0n) is 17.4. The number of anilines is 2. The van der Waals surface area contributed by atoms with Gasteiger partial charge in [0.15, 0.2) is 11.7 Å². The summed E-state index contributed by atoms with van der Waals surface area (Å²) in [5.41, 5.74) is 3.42. The van der Waals surface area contributed by atoms with Gasteiger partial charge in [-0.05, 0) is 54.6 Å². The van der Waals surface area contributed by atoms with Crippen molar-refractivity contribution in [1.29, 1.82) is 0 Å². The number of nitrogens with one attached hydrogen (secondary N) is 2. The van der Waals surface area contributed by atoms with Gasteiger partial charge in [-0.3, -0.25) is 9.59 Å². The molecule has 0 saturated heterocycles. The van der Waals surface area contributed by atoms with Gasteiger partial charge in [0.2, 0.25) is 0 Å². The molecule has 1 atom stereocenters. The molecular weight excluding hydrogens is 406 g/mol. The summed E-state index contributed by atoms with van der Waals surface area (Å²) in [4.78, 5) is 26.0. The first-order valence-electron chi connectivity index (χ1n) is 10.2. The summed E-state index contributed by atoms with van der Waals surface area (Å²) in [6, 6.07) is 19.1. The predicted octanol–water partition coefficient (Wildman–Crippen LogP) is 4.74. The average molecular weight is 427 g/mol. The highest BCUT2D eigenvalue weighted by Gasteiger charge is 2.29. The minimum Gasteiger partial charge on any atom is -0.496 e. The molecule has 2 aromatic heterocycles. The Kier molecular flexibility index (Phi) is 4.99. The molecule has 1 aliphatic rings. The van der Waals surface area contributed by atoms with Crippen LogP contribution in [0.5, 0.6) is 5.75 Å². The zero-order valence-corrected chi connectivity index (χ0v) is 17.4. The minimum atomic E-state index is -0.577. The van der Waals surface area contributed by atoms with Crippen molar-refractivity contribution in [3.63, 3.8) is 0 Å². The van der Waals surface area contributed by atoms with Crippen LogP contribution in [0.25, 0.3) is 0 Å². The van der Waals surface area contributed by atoms with Crippen molar-refractivity contribution in [2.75, 3.05) is 17.7 Å². The van der Waals surface area contributed by atoms with Crippen LogP contribution in [0.1, 0.15) is 38.0 Å². The standard InChI is InChI=1S/C25H21N3O4/c1-31-21-7-3-2-5-19(21)24(30)26-18-10-8-16(9-11-18)23(29)22-20-6-4-13-28(20)15-17-12-14-32-25(17)27-22/h2-14,22,27H,15H2,1H3,(H,26,30). The summed E-state index contributed by atoms with van der Waals surface area (Å²) < 4.78 is 12.8. The lowest BCUT2D eigenvalue weighted by atomic mass is 10.0. The lowest BCUT2D eigenvalue weighted by molar-refractivity contribution is 0.0965. The van der Waals surface area contributed by atoms with Gasteiger partial charge in [-0.1, -0.05) is 12.1 Å². The van der Waals surface area contributed by atoms with E-state index in [1.807, 2.05) is 29.0 Å². The van der Waals surface area contributed by atoms with Gasteiger partial charge < -0.3 is 24.4 Å². The molecular formula is C25H21N3O4. The maximum atomic E-state index is 13.4. The fraction of sp³-hybridized carbons (Fsp3) is 0.120. The summed E-state index contributed by atoms with van der Waals surface area (Å²) in [7, 11) is 1.52. The topological polar surface area (TPSA) is 85.5 Å². The number of amides is 1. The van der Waals surface area contributed by atoms with Crippen LogP contribution in [0.15, 0.2) is 83.6 Å². The number of furan rings is 1. The molecule has 7 nitrogen and oxygen atoms in total. The molecule has 0 fully saturated rings. The number of ether oxygens (including phenoxy) is 1. The molecule has 0 bridgehead atoms. The molecule has 2 aromatic carbocycles. The van der Waals surface area contributed by atoms with Crippen LogP contribution < -0.4 is 15.4 Å². The molecule has 0 saturated carbocycles. The van der Waals surface area contributed by atoms with Gasteiger partial charge in [-0.2, -0.15) is 0 Å². The number of aromatic nitrogens is 1. The van der Waals surface area contributed by atoms with Gasteiger partial charge in [0.1, 0.15) is 11.8 Å². The molecule has 160 valence electrons. The lowest BCUT2D eigenvalue weighted by Gasteiger charge is -2.17. The van der Waals surface area contributed by atoms with E-state index in [-0.39, 0.29) is 11.7 Å². The third-order valence-corrected chi connectivity index (χ3v) is 5.56. The van der Waals surface area contributed by atoms with Gasteiger partial charge >= 0.3 is 0 Å². The lowest BCUT2D eigenvalue weighted by Crippen LogP contribution is -2.22. The average Bonchev–Trinajstić information content (AvgIpc) is 3.44. The summed E-state index contributed by atoms with van der Waals surface area (Å²) in [6.07, 6.45) is 3.57. The van der Waals surface area contributed by atoms with E-state index >= 15 is 0 Å². The van der Waals surface area contributed by atoms with Crippen LogP contribution in [0.3, 0.4) is 0 Å². The van der Waals surface area contributed by atoms with E-state index in [0.717, 1.165) is 11.3 Å². The fourth-order valence-electron chi connectivity index (χ4n) is 3.92. The molecule has 0 radical (unpaired) electrons. The number of nitrogens with zero attached hydrogens (tertiary/aromatic N) is 1. The Labute approximate surface area is 184 Å². The van der Waals surface area contributed by atoms with Gasteiger partial charge in [0, 0.05) is 28.7 Å². The number of hydrogen-bond acceptors (Lipinski definition) is 5. The number of carbonyl (C=O) groups is 2. The number of Topliss-reactive ketones (excluding diaryl/α,β-unsaturated/α-hetero) is 1. The highest BCUT2D eigenvalue weighted by atomic mass is 16.5. The highest BCUT2D eigenvalue weighted by Crippen LogP contribution is 2.32. The van der Waals surface area contributed by atoms with Crippen LogP contribution in [0.4, 0.5) is 11.6 Å². The summed E-state index contributed by atoms with van der Waals surface area (Å²) in [6.45, 7) is 0.638. The van der Waals surface area contributed by atoms with Crippen LogP contribution in [0, 0.1) is 0 Å². The number of rotatable bonds is 5. The number of methoxy groups -OCH3 is 1.